The maximum atomic E-state index is 13.3. The minimum atomic E-state index is -0.755. The quantitative estimate of drug-likeness (QED) is 0.889. The van der Waals surface area contributed by atoms with Crippen molar-refractivity contribution < 1.29 is 14.3 Å². The van der Waals surface area contributed by atoms with Gasteiger partial charge in [0.05, 0.1) is 0 Å². The zero-order chi connectivity index (χ0) is 13.8. The molecule has 2 atom stereocenters. The fraction of sp³-hybridized carbons (Fsp3) is 0.533. The van der Waals surface area contributed by atoms with Crippen LogP contribution in [0.1, 0.15) is 37.8 Å². The van der Waals surface area contributed by atoms with Crippen LogP contribution in [-0.2, 0) is 4.79 Å². The van der Waals surface area contributed by atoms with Gasteiger partial charge in [-0.15, -0.1) is 0 Å². The molecule has 4 heteroatoms. The topological polar surface area (TPSA) is 40.5 Å². The van der Waals surface area contributed by atoms with Crippen molar-refractivity contribution in [3.63, 3.8) is 0 Å². The maximum Gasteiger partial charge on any atom is 0.303 e. The first kappa shape index (κ1) is 14.0. The summed E-state index contributed by atoms with van der Waals surface area (Å²) in [6.45, 7) is 3.90. The van der Waals surface area contributed by atoms with Gasteiger partial charge in [-0.05, 0) is 49.5 Å². The fourth-order valence-electron chi connectivity index (χ4n) is 2.94. The van der Waals surface area contributed by atoms with Crippen LogP contribution in [0.25, 0.3) is 0 Å². The number of likely N-dealkylation sites (tertiary alicyclic amines) is 1. The van der Waals surface area contributed by atoms with Gasteiger partial charge in [-0.1, -0.05) is 19.1 Å². The lowest BCUT2D eigenvalue weighted by atomic mass is 9.95. The van der Waals surface area contributed by atoms with E-state index in [0.717, 1.165) is 25.1 Å². The third-order valence-corrected chi connectivity index (χ3v) is 3.83. The Morgan fingerprint density at radius 1 is 1.53 bits per heavy atom. The molecule has 1 aliphatic rings. The summed E-state index contributed by atoms with van der Waals surface area (Å²) in [5.74, 6) is -0.483. The van der Waals surface area contributed by atoms with Gasteiger partial charge >= 0.3 is 5.97 Å². The second-order valence-corrected chi connectivity index (χ2v) is 5.30. The number of carboxylic acids is 1. The van der Waals surface area contributed by atoms with E-state index in [1.54, 1.807) is 12.1 Å². The van der Waals surface area contributed by atoms with Crippen LogP contribution in [0.15, 0.2) is 24.3 Å². The molecule has 0 bridgehead atoms. The number of benzene rings is 1. The highest BCUT2D eigenvalue weighted by Crippen LogP contribution is 2.37. The minimum Gasteiger partial charge on any atom is -0.481 e. The Balaban J connectivity index is 2.05. The Labute approximate surface area is 113 Å². The van der Waals surface area contributed by atoms with E-state index in [1.807, 2.05) is 6.07 Å². The van der Waals surface area contributed by atoms with Crippen LogP contribution >= 0.6 is 0 Å². The van der Waals surface area contributed by atoms with Crippen molar-refractivity contribution >= 4 is 5.97 Å². The average Bonchev–Trinajstić information content (AvgIpc) is 2.70. The summed E-state index contributed by atoms with van der Waals surface area (Å²) in [6.07, 6.45) is 1.92. The number of carboxylic acid groups (broad SMARTS) is 1. The molecule has 2 rings (SSSR count). The highest BCUT2D eigenvalue weighted by molar-refractivity contribution is 5.66. The first-order valence-corrected chi connectivity index (χ1v) is 6.79. The lowest BCUT2D eigenvalue weighted by molar-refractivity contribution is -0.137. The third-order valence-electron chi connectivity index (χ3n) is 3.83. The highest BCUT2D eigenvalue weighted by atomic mass is 19.1. The molecule has 1 aromatic rings. The number of hydrogen-bond acceptors (Lipinski definition) is 2. The zero-order valence-electron chi connectivity index (χ0n) is 11.2. The van der Waals surface area contributed by atoms with E-state index in [9.17, 15) is 9.18 Å². The van der Waals surface area contributed by atoms with Crippen LogP contribution in [0.2, 0.25) is 0 Å². The van der Waals surface area contributed by atoms with Crippen molar-refractivity contribution in [2.24, 2.45) is 5.92 Å². The Morgan fingerprint density at radius 3 is 3.00 bits per heavy atom. The lowest BCUT2D eigenvalue weighted by Gasteiger charge is -2.27. The molecule has 0 unspecified atom stereocenters. The van der Waals surface area contributed by atoms with Crippen molar-refractivity contribution in [2.45, 2.75) is 32.2 Å². The molecule has 0 amide bonds. The smallest absolute Gasteiger partial charge is 0.303 e. The van der Waals surface area contributed by atoms with E-state index >= 15 is 0 Å². The largest absolute Gasteiger partial charge is 0.481 e. The van der Waals surface area contributed by atoms with Gasteiger partial charge in [0.1, 0.15) is 5.82 Å². The predicted molar refractivity (Wildman–Crippen MR) is 71.4 cm³/mol. The number of rotatable bonds is 5. The number of hydrogen-bond donors (Lipinski definition) is 1. The van der Waals surface area contributed by atoms with Crippen molar-refractivity contribution in [3.05, 3.63) is 35.6 Å². The first-order chi connectivity index (χ1) is 9.08. The molecule has 1 heterocycles. The van der Waals surface area contributed by atoms with Gasteiger partial charge in [-0.2, -0.15) is 0 Å². The van der Waals surface area contributed by atoms with E-state index in [-0.39, 0.29) is 18.3 Å². The SMILES string of the molecule is C[C@@H]1CCN(CCCC(=O)O)[C@H]1c1cccc(F)c1. The van der Waals surface area contributed by atoms with Gasteiger partial charge in [0, 0.05) is 12.5 Å². The molecular formula is C15H20FNO2. The second kappa shape index (κ2) is 6.15. The van der Waals surface area contributed by atoms with Gasteiger partial charge < -0.3 is 5.11 Å². The molecular weight excluding hydrogens is 245 g/mol. The maximum absolute atomic E-state index is 13.3. The average molecular weight is 265 g/mol. The lowest BCUT2D eigenvalue weighted by Crippen LogP contribution is -2.26. The van der Waals surface area contributed by atoms with Crippen LogP contribution in [-0.4, -0.2) is 29.1 Å². The first-order valence-electron chi connectivity index (χ1n) is 6.79. The van der Waals surface area contributed by atoms with Crippen LogP contribution in [0.3, 0.4) is 0 Å². The Bertz CT molecular complexity index is 450. The van der Waals surface area contributed by atoms with E-state index in [2.05, 4.69) is 11.8 Å². The summed E-state index contributed by atoms with van der Waals surface area (Å²) in [5.41, 5.74) is 1.00. The Kier molecular flexibility index (Phi) is 4.53. The van der Waals surface area contributed by atoms with Crippen molar-refractivity contribution in [2.75, 3.05) is 13.1 Å². The van der Waals surface area contributed by atoms with E-state index in [1.165, 1.54) is 6.07 Å². The molecule has 0 radical (unpaired) electrons. The molecule has 104 valence electrons. The molecule has 19 heavy (non-hydrogen) atoms. The normalized spacial score (nSPS) is 23.7. The Morgan fingerprint density at radius 2 is 2.32 bits per heavy atom. The predicted octanol–water partition coefficient (Wildman–Crippen LogP) is 3.07. The standard InChI is InChI=1S/C15H20FNO2/c1-11-7-9-17(8-3-6-14(18)19)15(11)12-4-2-5-13(16)10-12/h2,4-5,10-11,15H,3,6-9H2,1H3,(H,18,19)/t11-,15-/m1/s1. The van der Waals surface area contributed by atoms with Crippen LogP contribution in [0.5, 0.6) is 0 Å². The van der Waals surface area contributed by atoms with Gasteiger partial charge in [0.15, 0.2) is 0 Å². The van der Waals surface area contributed by atoms with Crippen LogP contribution in [0.4, 0.5) is 4.39 Å². The zero-order valence-corrected chi connectivity index (χ0v) is 11.2. The molecule has 0 spiro atoms. The molecule has 1 fully saturated rings. The summed E-state index contributed by atoms with van der Waals surface area (Å²) in [7, 11) is 0. The fourth-order valence-corrected chi connectivity index (χ4v) is 2.94. The summed E-state index contributed by atoms with van der Waals surface area (Å²) >= 11 is 0. The molecule has 0 saturated carbocycles. The molecule has 0 aliphatic carbocycles. The molecule has 1 aliphatic heterocycles. The number of nitrogens with zero attached hydrogens (tertiary/aromatic N) is 1. The van der Waals surface area contributed by atoms with Gasteiger partial charge in [-0.3, -0.25) is 9.69 Å². The van der Waals surface area contributed by atoms with Gasteiger partial charge in [0.25, 0.3) is 0 Å². The van der Waals surface area contributed by atoms with E-state index < -0.39 is 5.97 Å². The van der Waals surface area contributed by atoms with Crippen LogP contribution < -0.4 is 0 Å². The highest BCUT2D eigenvalue weighted by Gasteiger charge is 2.32. The van der Waals surface area contributed by atoms with Gasteiger partial charge in [-0.25, -0.2) is 4.39 Å². The van der Waals surface area contributed by atoms with Crippen molar-refractivity contribution in [1.29, 1.82) is 0 Å². The molecule has 1 saturated heterocycles. The number of carbonyl (C=O) groups is 1. The number of halogens is 1. The van der Waals surface area contributed by atoms with Crippen LogP contribution in [0, 0.1) is 11.7 Å². The summed E-state index contributed by atoms with van der Waals surface area (Å²) in [5, 5.41) is 8.69. The monoisotopic (exact) mass is 265 g/mol. The molecule has 0 aromatic heterocycles. The second-order valence-electron chi connectivity index (χ2n) is 5.30. The summed E-state index contributed by atoms with van der Waals surface area (Å²) in [6, 6.07) is 6.96. The van der Waals surface area contributed by atoms with Gasteiger partial charge in [0.2, 0.25) is 0 Å². The van der Waals surface area contributed by atoms with Crippen molar-refractivity contribution in [3.8, 4) is 0 Å². The molecule has 1 N–H and O–H groups in total. The molecule has 1 aromatic carbocycles. The van der Waals surface area contributed by atoms with E-state index in [4.69, 9.17) is 5.11 Å². The Hall–Kier alpha value is -1.42. The number of aliphatic carboxylic acids is 1. The molecule has 3 nitrogen and oxygen atoms in total. The summed E-state index contributed by atoms with van der Waals surface area (Å²) in [4.78, 5) is 12.8. The third kappa shape index (κ3) is 3.53. The minimum absolute atomic E-state index is 0.195. The van der Waals surface area contributed by atoms with E-state index in [0.29, 0.717) is 12.3 Å². The summed E-state index contributed by atoms with van der Waals surface area (Å²) < 4.78 is 13.3. The van der Waals surface area contributed by atoms with Crippen molar-refractivity contribution in [1.82, 2.24) is 4.90 Å².